The lowest BCUT2D eigenvalue weighted by Crippen LogP contribution is -2.25. The first-order valence-electron chi connectivity index (χ1n) is 12.2. The van der Waals surface area contributed by atoms with Crippen LogP contribution in [0.25, 0.3) is 22.1 Å². The lowest BCUT2D eigenvalue weighted by atomic mass is 10.2. The Morgan fingerprint density at radius 3 is 1.23 bits per heavy atom. The van der Waals surface area contributed by atoms with Crippen molar-refractivity contribution >= 4 is 42.3 Å². The first-order valence-corrected chi connectivity index (χ1v) is 15.0. The van der Waals surface area contributed by atoms with E-state index in [0.29, 0.717) is 22.1 Å². The Morgan fingerprint density at radius 1 is 0.500 bits per heavy atom. The van der Waals surface area contributed by atoms with Gasteiger partial charge in [0.1, 0.15) is 11.6 Å². The molecule has 40 heavy (non-hydrogen) atoms. The minimum atomic E-state index is -4.42. The maximum Gasteiger partial charge on any atom is 0.297 e. The zero-order valence-electron chi connectivity index (χ0n) is 20.7. The van der Waals surface area contributed by atoms with Gasteiger partial charge in [0, 0.05) is 0 Å². The van der Waals surface area contributed by atoms with Crippen molar-refractivity contribution in [1.82, 2.24) is 19.9 Å². The summed E-state index contributed by atoms with van der Waals surface area (Å²) in [4.78, 5) is 14.9. The molecule has 6 rings (SSSR count). The zero-order valence-corrected chi connectivity index (χ0v) is 22.3. The first-order chi connectivity index (χ1) is 19.3. The number of nitrogens with one attached hydrogen (secondary N) is 2. The fourth-order valence-electron chi connectivity index (χ4n) is 4.25. The van der Waals surface area contributed by atoms with Crippen molar-refractivity contribution in [1.29, 1.82) is 0 Å². The molecule has 0 saturated heterocycles. The van der Waals surface area contributed by atoms with E-state index < -0.39 is 32.4 Å². The maximum atomic E-state index is 13.5. The van der Waals surface area contributed by atoms with Crippen LogP contribution >= 0.6 is 0 Å². The number of aromatic nitrogens is 4. The maximum absolute atomic E-state index is 13.5. The number of fused-ring (bicyclic) bond motifs is 2. The molecule has 4 aromatic carbocycles. The highest BCUT2D eigenvalue weighted by molar-refractivity contribution is 7.87. The molecule has 0 amide bonds. The third-order valence-corrected chi connectivity index (χ3v) is 8.77. The lowest BCUT2D eigenvalue weighted by molar-refractivity contribution is 0.0515. The second-order valence-corrected chi connectivity index (χ2v) is 12.0. The molecule has 0 fully saturated rings. The summed E-state index contributed by atoms with van der Waals surface area (Å²) in [6.45, 7) is 0. The van der Waals surface area contributed by atoms with Crippen LogP contribution in [0.4, 0.5) is 0 Å². The summed E-state index contributed by atoms with van der Waals surface area (Å²) in [7, 11) is -8.85. The van der Waals surface area contributed by atoms with E-state index in [2.05, 4.69) is 19.9 Å². The molecule has 202 valence electrons. The predicted molar refractivity (Wildman–Crippen MR) is 147 cm³/mol. The van der Waals surface area contributed by atoms with Crippen molar-refractivity contribution in [2.75, 3.05) is 0 Å². The number of para-hydroxylation sites is 4. The second kappa shape index (κ2) is 10.3. The summed E-state index contributed by atoms with van der Waals surface area (Å²) in [5, 5.41) is 0. The molecule has 0 aliphatic rings. The van der Waals surface area contributed by atoms with Gasteiger partial charge in [0.15, 0.2) is 12.2 Å². The number of hydrogen-bond donors (Lipinski definition) is 2. The predicted octanol–water partition coefficient (Wildman–Crippen LogP) is 5.03. The van der Waals surface area contributed by atoms with Gasteiger partial charge < -0.3 is 9.97 Å². The molecule has 6 aromatic rings. The standard InChI is InChI=1S/C28H22N4O6S2/c33-39(34,19-11-3-1-4-12-19)37-25(27-29-21-15-7-8-16-22(21)30-27)26(28-31-23-17-9-10-18-24(23)32-28)38-40(35,36)20-13-5-2-6-14-20/h1-18,25-26H,(H,29,30)(H,31,32)/t25-,26+. The molecule has 0 radical (unpaired) electrons. The largest absolute Gasteiger partial charge is 0.340 e. The summed E-state index contributed by atoms with van der Waals surface area (Å²) in [6.07, 6.45) is -3.17. The summed E-state index contributed by atoms with van der Waals surface area (Å²) in [5.74, 6) is 0.0730. The Balaban J connectivity index is 1.54. The molecule has 0 spiro atoms. The minimum absolute atomic E-state index is 0.0365. The Kier molecular flexibility index (Phi) is 6.68. The Morgan fingerprint density at radius 2 is 0.850 bits per heavy atom. The monoisotopic (exact) mass is 574 g/mol. The topological polar surface area (TPSA) is 144 Å². The van der Waals surface area contributed by atoms with Crippen molar-refractivity contribution in [3.05, 3.63) is 121 Å². The van der Waals surface area contributed by atoms with Crippen LogP contribution in [-0.4, -0.2) is 36.8 Å². The summed E-state index contributed by atoms with van der Waals surface area (Å²) in [6, 6.07) is 29.2. The molecule has 0 aliphatic heterocycles. The molecular weight excluding hydrogens is 552 g/mol. The van der Waals surface area contributed by atoms with Crippen molar-refractivity contribution in [3.63, 3.8) is 0 Å². The van der Waals surface area contributed by atoms with Crippen molar-refractivity contribution in [2.24, 2.45) is 0 Å². The van der Waals surface area contributed by atoms with Gasteiger partial charge in [0.25, 0.3) is 20.2 Å². The average molecular weight is 575 g/mol. The van der Waals surface area contributed by atoms with Crippen LogP contribution in [-0.2, 0) is 28.6 Å². The SMILES string of the molecule is O=S(=O)(O[C@H](c1nc2ccccc2[nH]1)[C@@H](OS(=O)(=O)c1ccccc1)c1nc2ccccc2[nH]1)c1ccccc1. The smallest absolute Gasteiger partial charge is 0.297 e. The highest BCUT2D eigenvalue weighted by Crippen LogP contribution is 2.39. The van der Waals surface area contributed by atoms with Gasteiger partial charge >= 0.3 is 0 Å². The van der Waals surface area contributed by atoms with E-state index in [1.165, 1.54) is 24.3 Å². The van der Waals surface area contributed by atoms with Crippen molar-refractivity contribution in [3.8, 4) is 0 Å². The van der Waals surface area contributed by atoms with Crippen LogP contribution < -0.4 is 0 Å². The fraction of sp³-hybridized carbons (Fsp3) is 0.0714. The highest BCUT2D eigenvalue weighted by atomic mass is 32.2. The van der Waals surface area contributed by atoms with Gasteiger partial charge in [0.05, 0.1) is 31.9 Å². The van der Waals surface area contributed by atoms with Gasteiger partial charge in [-0.3, -0.25) is 8.37 Å². The van der Waals surface area contributed by atoms with Crippen LogP contribution in [0.3, 0.4) is 0 Å². The van der Waals surface area contributed by atoms with Crippen LogP contribution in [0.5, 0.6) is 0 Å². The van der Waals surface area contributed by atoms with E-state index >= 15 is 0 Å². The number of nitrogens with zero attached hydrogens (tertiary/aromatic N) is 2. The molecule has 0 aliphatic carbocycles. The zero-order chi connectivity index (χ0) is 27.7. The number of H-pyrrole nitrogens is 2. The van der Waals surface area contributed by atoms with Crippen LogP contribution in [0, 0.1) is 0 Å². The average Bonchev–Trinajstić information content (AvgIpc) is 3.60. The number of hydrogen-bond acceptors (Lipinski definition) is 8. The van der Waals surface area contributed by atoms with Gasteiger partial charge in [-0.05, 0) is 48.5 Å². The Bertz CT molecular complexity index is 1790. The number of aromatic amines is 2. The van der Waals surface area contributed by atoms with Crippen molar-refractivity contribution in [2.45, 2.75) is 22.0 Å². The second-order valence-electron chi connectivity index (χ2n) is 8.85. The highest BCUT2D eigenvalue weighted by Gasteiger charge is 2.40. The van der Waals surface area contributed by atoms with Crippen molar-refractivity contribution < 1.29 is 25.2 Å². The number of imidazole rings is 2. The van der Waals surface area contributed by atoms with E-state index in [1.807, 2.05) is 0 Å². The molecule has 2 heterocycles. The van der Waals surface area contributed by atoms with Gasteiger partial charge in [-0.1, -0.05) is 60.7 Å². The molecule has 2 N–H and O–H groups in total. The summed E-state index contributed by atoms with van der Waals surface area (Å²) >= 11 is 0. The van der Waals surface area contributed by atoms with Crippen LogP contribution in [0.1, 0.15) is 23.9 Å². The minimum Gasteiger partial charge on any atom is -0.340 e. The number of benzene rings is 4. The van der Waals surface area contributed by atoms with Gasteiger partial charge in [-0.2, -0.15) is 16.8 Å². The summed E-state index contributed by atoms with van der Waals surface area (Å²) < 4.78 is 65.4. The van der Waals surface area contributed by atoms with Gasteiger partial charge in [0.2, 0.25) is 0 Å². The van der Waals surface area contributed by atoms with Gasteiger partial charge in [-0.25, -0.2) is 9.97 Å². The molecule has 0 unspecified atom stereocenters. The molecule has 12 heteroatoms. The van der Waals surface area contributed by atoms with E-state index in [4.69, 9.17) is 8.37 Å². The molecular formula is C28H22N4O6S2. The van der Waals surface area contributed by atoms with E-state index in [1.54, 1.807) is 84.9 Å². The third-order valence-electron chi connectivity index (χ3n) is 6.15. The summed E-state index contributed by atoms with van der Waals surface area (Å²) in [5.41, 5.74) is 2.24. The Labute approximate surface area is 229 Å². The fourth-order valence-corrected chi connectivity index (χ4v) is 6.38. The molecule has 2 aromatic heterocycles. The van der Waals surface area contributed by atoms with Crippen LogP contribution in [0.15, 0.2) is 119 Å². The molecule has 2 atom stereocenters. The lowest BCUT2D eigenvalue weighted by Gasteiger charge is -2.24. The third kappa shape index (κ3) is 5.12. The number of rotatable bonds is 9. The molecule has 0 saturated carbocycles. The van der Waals surface area contributed by atoms with E-state index in [-0.39, 0.29) is 21.4 Å². The quantitative estimate of drug-likeness (QED) is 0.229. The van der Waals surface area contributed by atoms with E-state index in [0.717, 1.165) is 0 Å². The van der Waals surface area contributed by atoms with Gasteiger partial charge in [-0.15, -0.1) is 0 Å². The normalized spacial score (nSPS) is 13.9. The Hall–Kier alpha value is -4.36. The van der Waals surface area contributed by atoms with E-state index in [9.17, 15) is 16.8 Å². The van der Waals surface area contributed by atoms with Crippen LogP contribution in [0.2, 0.25) is 0 Å². The molecule has 10 nitrogen and oxygen atoms in total. The molecule has 0 bridgehead atoms. The first kappa shape index (κ1) is 25.9.